The third-order valence-electron chi connectivity index (χ3n) is 4.40. The van der Waals surface area contributed by atoms with Crippen LogP contribution in [0.1, 0.15) is 0 Å². The molecule has 0 bridgehead atoms. The Balaban J connectivity index is 0.00000182. The smallest absolute Gasteiger partial charge is 0.253 e. The average Bonchev–Trinajstić information content (AvgIpc) is 2.64. The maximum atomic E-state index is 12.4. The summed E-state index contributed by atoms with van der Waals surface area (Å²) in [5, 5.41) is 6.51. The van der Waals surface area contributed by atoms with Crippen LogP contribution >= 0.6 is 36.4 Å². The number of anilines is 1. The lowest BCUT2D eigenvalue weighted by molar-refractivity contribution is -0.147. The molecule has 1 atom stereocenters. The van der Waals surface area contributed by atoms with Gasteiger partial charge < -0.3 is 20.3 Å². The van der Waals surface area contributed by atoms with Crippen LogP contribution in [0.25, 0.3) is 0 Å². The highest BCUT2D eigenvalue weighted by molar-refractivity contribution is 6.33. The lowest BCUT2D eigenvalue weighted by Gasteiger charge is -2.36. The zero-order valence-electron chi connectivity index (χ0n) is 14.9. The Labute approximate surface area is 176 Å². The van der Waals surface area contributed by atoms with E-state index < -0.39 is 0 Å². The molecule has 2 heterocycles. The van der Waals surface area contributed by atoms with Gasteiger partial charge in [-0.1, -0.05) is 23.7 Å². The topological polar surface area (TPSA) is 73.9 Å². The van der Waals surface area contributed by atoms with Gasteiger partial charge in [0.05, 0.1) is 23.9 Å². The number of hydrogen-bond donors (Lipinski definition) is 2. The van der Waals surface area contributed by atoms with Crippen LogP contribution < -0.4 is 10.6 Å². The van der Waals surface area contributed by atoms with Gasteiger partial charge in [-0.3, -0.25) is 14.5 Å². The molecule has 1 aromatic rings. The van der Waals surface area contributed by atoms with Crippen molar-refractivity contribution >= 4 is 53.9 Å². The Morgan fingerprint density at radius 1 is 1.19 bits per heavy atom. The van der Waals surface area contributed by atoms with E-state index in [-0.39, 0.29) is 49.3 Å². The van der Waals surface area contributed by atoms with E-state index in [9.17, 15) is 9.59 Å². The van der Waals surface area contributed by atoms with E-state index in [0.29, 0.717) is 50.0 Å². The van der Waals surface area contributed by atoms with Crippen LogP contribution in [0.3, 0.4) is 0 Å². The first kappa shape index (κ1) is 23.9. The summed E-state index contributed by atoms with van der Waals surface area (Å²) in [4.78, 5) is 28.4. The van der Waals surface area contributed by atoms with Gasteiger partial charge in [0, 0.05) is 39.3 Å². The molecule has 1 unspecified atom stereocenters. The number of nitrogens with zero attached hydrogens (tertiary/aromatic N) is 2. The molecule has 2 aliphatic rings. The molecule has 0 spiro atoms. The third kappa shape index (κ3) is 6.78. The van der Waals surface area contributed by atoms with Gasteiger partial charge in [-0.05, 0) is 12.1 Å². The van der Waals surface area contributed by atoms with E-state index in [1.54, 1.807) is 12.1 Å². The fourth-order valence-corrected chi connectivity index (χ4v) is 3.19. The number of ether oxygens (including phenoxy) is 1. The number of rotatable bonds is 4. The summed E-state index contributed by atoms with van der Waals surface area (Å²) in [6.45, 7) is 4.77. The maximum Gasteiger partial charge on any atom is 0.253 e. The van der Waals surface area contributed by atoms with Crippen LogP contribution in [-0.4, -0.2) is 80.1 Å². The summed E-state index contributed by atoms with van der Waals surface area (Å²) in [6, 6.07) is 7.16. The van der Waals surface area contributed by atoms with Crippen LogP contribution in [-0.2, 0) is 14.3 Å². The second-order valence-corrected chi connectivity index (χ2v) is 6.60. The van der Waals surface area contributed by atoms with E-state index in [0.717, 1.165) is 6.54 Å². The second kappa shape index (κ2) is 11.7. The van der Waals surface area contributed by atoms with Crippen LogP contribution in [0.15, 0.2) is 24.3 Å². The molecule has 7 nitrogen and oxygen atoms in total. The Bertz CT molecular complexity index is 621. The van der Waals surface area contributed by atoms with Crippen molar-refractivity contribution in [2.24, 2.45) is 0 Å². The molecule has 0 aromatic heterocycles. The van der Waals surface area contributed by atoms with E-state index in [1.807, 2.05) is 21.9 Å². The van der Waals surface area contributed by atoms with Gasteiger partial charge in [-0.25, -0.2) is 0 Å². The number of benzene rings is 1. The van der Waals surface area contributed by atoms with Gasteiger partial charge in [0.1, 0.15) is 6.10 Å². The van der Waals surface area contributed by atoms with Crippen molar-refractivity contribution in [3.63, 3.8) is 0 Å². The highest BCUT2D eigenvalue weighted by Crippen LogP contribution is 2.20. The molecule has 152 valence electrons. The zero-order valence-corrected chi connectivity index (χ0v) is 17.2. The highest BCUT2D eigenvalue weighted by atomic mass is 35.5. The molecular weight excluding hydrogens is 415 g/mol. The Hall–Kier alpha value is -1.09. The standard InChI is InChI=1S/C17H23ClN4O3.2ClH/c18-13-3-1-2-4-14(13)20-16(23)12-21-6-8-22(9-7-21)17(24)15-11-19-5-10-25-15;;/h1-4,15,19H,5-12H2,(H,20,23);2*1H. The number of carbonyl (C=O) groups is 2. The van der Waals surface area contributed by atoms with Crippen LogP contribution in [0, 0.1) is 0 Å². The number of piperazine rings is 1. The Morgan fingerprint density at radius 2 is 1.89 bits per heavy atom. The molecule has 2 saturated heterocycles. The molecule has 2 N–H and O–H groups in total. The number of para-hydroxylation sites is 1. The van der Waals surface area contributed by atoms with Gasteiger partial charge in [-0.15, -0.1) is 24.8 Å². The Morgan fingerprint density at radius 3 is 2.52 bits per heavy atom. The van der Waals surface area contributed by atoms with Crippen molar-refractivity contribution in [2.45, 2.75) is 6.10 Å². The largest absolute Gasteiger partial charge is 0.366 e. The summed E-state index contributed by atoms with van der Waals surface area (Å²) in [6.07, 6.45) is -0.385. The van der Waals surface area contributed by atoms with E-state index in [1.165, 1.54) is 0 Å². The minimum atomic E-state index is -0.385. The van der Waals surface area contributed by atoms with Crippen molar-refractivity contribution in [1.82, 2.24) is 15.1 Å². The minimum absolute atomic E-state index is 0. The number of nitrogens with one attached hydrogen (secondary N) is 2. The molecule has 3 rings (SSSR count). The first-order valence-electron chi connectivity index (χ1n) is 8.51. The summed E-state index contributed by atoms with van der Waals surface area (Å²) >= 11 is 6.05. The number of amides is 2. The SMILES string of the molecule is Cl.Cl.O=C(CN1CCN(C(=O)C2CNCCO2)CC1)Nc1ccccc1Cl. The molecule has 0 saturated carbocycles. The van der Waals surface area contributed by atoms with Gasteiger partial charge in [0.15, 0.2) is 0 Å². The third-order valence-corrected chi connectivity index (χ3v) is 4.73. The Kier molecular flexibility index (Phi) is 10.4. The number of morpholine rings is 1. The fraction of sp³-hybridized carbons (Fsp3) is 0.529. The number of hydrogen-bond acceptors (Lipinski definition) is 5. The fourth-order valence-electron chi connectivity index (χ4n) is 3.01. The summed E-state index contributed by atoms with van der Waals surface area (Å²) in [5.41, 5.74) is 0.616. The average molecular weight is 440 g/mol. The minimum Gasteiger partial charge on any atom is -0.366 e. The van der Waals surface area contributed by atoms with Crippen molar-refractivity contribution < 1.29 is 14.3 Å². The highest BCUT2D eigenvalue weighted by Gasteiger charge is 2.29. The molecule has 1 aromatic carbocycles. The van der Waals surface area contributed by atoms with Crippen molar-refractivity contribution in [3.8, 4) is 0 Å². The zero-order chi connectivity index (χ0) is 17.6. The lowest BCUT2D eigenvalue weighted by atomic mass is 10.2. The predicted molar refractivity (Wildman–Crippen MR) is 110 cm³/mol. The van der Waals surface area contributed by atoms with Crippen molar-refractivity contribution in [2.75, 3.05) is 57.7 Å². The molecule has 27 heavy (non-hydrogen) atoms. The normalized spacial score (nSPS) is 20.2. The molecule has 10 heteroatoms. The van der Waals surface area contributed by atoms with Crippen LogP contribution in [0.2, 0.25) is 5.02 Å². The van der Waals surface area contributed by atoms with Gasteiger partial charge in [0.2, 0.25) is 5.91 Å². The van der Waals surface area contributed by atoms with E-state index >= 15 is 0 Å². The monoisotopic (exact) mass is 438 g/mol. The lowest BCUT2D eigenvalue weighted by Crippen LogP contribution is -2.55. The van der Waals surface area contributed by atoms with E-state index in [2.05, 4.69) is 10.6 Å². The van der Waals surface area contributed by atoms with E-state index in [4.69, 9.17) is 16.3 Å². The molecular formula is C17H25Cl3N4O3. The first-order valence-corrected chi connectivity index (χ1v) is 8.89. The molecule has 0 radical (unpaired) electrons. The van der Waals surface area contributed by atoms with Crippen molar-refractivity contribution in [1.29, 1.82) is 0 Å². The van der Waals surface area contributed by atoms with Gasteiger partial charge >= 0.3 is 0 Å². The molecule has 2 aliphatic heterocycles. The van der Waals surface area contributed by atoms with Gasteiger partial charge in [0.25, 0.3) is 5.91 Å². The molecule has 2 fully saturated rings. The van der Waals surface area contributed by atoms with Crippen LogP contribution in [0.5, 0.6) is 0 Å². The number of halogens is 3. The number of carbonyl (C=O) groups excluding carboxylic acids is 2. The predicted octanol–water partition coefficient (Wildman–Crippen LogP) is 1.25. The van der Waals surface area contributed by atoms with Crippen molar-refractivity contribution in [3.05, 3.63) is 29.3 Å². The van der Waals surface area contributed by atoms with Crippen LogP contribution in [0.4, 0.5) is 5.69 Å². The summed E-state index contributed by atoms with van der Waals surface area (Å²) < 4.78 is 5.52. The molecule has 2 amide bonds. The quantitative estimate of drug-likeness (QED) is 0.739. The summed E-state index contributed by atoms with van der Waals surface area (Å²) in [7, 11) is 0. The summed E-state index contributed by atoms with van der Waals surface area (Å²) in [5.74, 6) is -0.0694. The second-order valence-electron chi connectivity index (χ2n) is 6.19. The maximum absolute atomic E-state index is 12.4. The molecule has 0 aliphatic carbocycles. The first-order chi connectivity index (χ1) is 12.1. The van der Waals surface area contributed by atoms with Gasteiger partial charge in [-0.2, -0.15) is 0 Å².